The first kappa shape index (κ1) is 14.7. The zero-order chi connectivity index (χ0) is 17.3. The highest BCUT2D eigenvalue weighted by Gasteiger charge is 2.30. The lowest BCUT2D eigenvalue weighted by Crippen LogP contribution is -2.32. The predicted molar refractivity (Wildman–Crippen MR) is 101 cm³/mol. The molecule has 1 N–H and O–H groups in total. The fourth-order valence-electron chi connectivity index (χ4n) is 3.14. The van der Waals surface area contributed by atoms with Crippen LogP contribution in [-0.2, 0) is 0 Å². The Morgan fingerprint density at radius 1 is 1.00 bits per heavy atom. The van der Waals surface area contributed by atoms with Crippen molar-refractivity contribution in [3.8, 4) is 0 Å². The molecular formula is C19H15N7. The summed E-state index contributed by atoms with van der Waals surface area (Å²) in [6, 6.07) is 9.65. The van der Waals surface area contributed by atoms with Crippen LogP contribution in [0.5, 0.6) is 0 Å². The van der Waals surface area contributed by atoms with E-state index in [0.717, 1.165) is 47.3 Å². The van der Waals surface area contributed by atoms with Crippen molar-refractivity contribution in [2.24, 2.45) is 4.99 Å². The van der Waals surface area contributed by atoms with Crippen LogP contribution < -0.4 is 10.2 Å². The van der Waals surface area contributed by atoms with Gasteiger partial charge in [0.2, 0.25) is 5.95 Å². The van der Waals surface area contributed by atoms with Gasteiger partial charge in [-0.15, -0.1) is 0 Å². The van der Waals surface area contributed by atoms with Crippen molar-refractivity contribution in [3.63, 3.8) is 0 Å². The molecule has 2 aliphatic heterocycles. The first-order chi connectivity index (χ1) is 12.9. The monoisotopic (exact) mass is 341 g/mol. The van der Waals surface area contributed by atoms with E-state index in [2.05, 4.69) is 36.2 Å². The fourth-order valence-corrected chi connectivity index (χ4v) is 3.14. The van der Waals surface area contributed by atoms with Gasteiger partial charge in [0.05, 0.1) is 12.2 Å². The van der Waals surface area contributed by atoms with Crippen LogP contribution in [0.2, 0.25) is 0 Å². The maximum absolute atomic E-state index is 4.72. The van der Waals surface area contributed by atoms with E-state index in [1.165, 1.54) is 0 Å². The van der Waals surface area contributed by atoms with E-state index >= 15 is 0 Å². The molecule has 3 aromatic rings. The number of nitrogens with zero attached hydrogens (tertiary/aromatic N) is 6. The lowest BCUT2D eigenvalue weighted by atomic mass is 10.0. The van der Waals surface area contributed by atoms with Gasteiger partial charge in [0, 0.05) is 48.2 Å². The number of hydrogen-bond acceptors (Lipinski definition) is 7. The Hall–Kier alpha value is -3.61. The molecule has 26 heavy (non-hydrogen) atoms. The van der Waals surface area contributed by atoms with Crippen LogP contribution in [0, 0.1) is 0 Å². The summed E-state index contributed by atoms with van der Waals surface area (Å²) < 4.78 is 0. The summed E-state index contributed by atoms with van der Waals surface area (Å²) in [5.74, 6) is 2.34. The second-order valence-corrected chi connectivity index (χ2v) is 5.96. The average molecular weight is 341 g/mol. The van der Waals surface area contributed by atoms with Gasteiger partial charge in [-0.2, -0.15) is 4.98 Å². The number of amidine groups is 1. The van der Waals surface area contributed by atoms with Gasteiger partial charge in [-0.1, -0.05) is 6.07 Å². The average Bonchev–Trinajstić information content (AvgIpc) is 3.19. The van der Waals surface area contributed by atoms with Crippen LogP contribution in [0.15, 0.2) is 60.1 Å². The van der Waals surface area contributed by atoms with Gasteiger partial charge in [-0.3, -0.25) is 15.0 Å². The summed E-state index contributed by atoms with van der Waals surface area (Å²) in [6.45, 7) is 1.55. The Morgan fingerprint density at radius 3 is 2.77 bits per heavy atom. The number of hydrogen-bond donors (Lipinski definition) is 1. The molecule has 0 saturated heterocycles. The number of fused-ring (bicyclic) bond motifs is 3. The molecule has 2 aliphatic rings. The Bertz CT molecular complexity index is 1010. The van der Waals surface area contributed by atoms with E-state index in [9.17, 15) is 0 Å². The van der Waals surface area contributed by atoms with Gasteiger partial charge in [-0.25, -0.2) is 4.98 Å². The third-order valence-electron chi connectivity index (χ3n) is 4.31. The van der Waals surface area contributed by atoms with Gasteiger partial charge in [-0.05, 0) is 30.3 Å². The van der Waals surface area contributed by atoms with Gasteiger partial charge in [0.15, 0.2) is 0 Å². The molecule has 3 aromatic heterocycles. The third kappa shape index (κ3) is 2.50. The Kier molecular flexibility index (Phi) is 3.41. The van der Waals surface area contributed by atoms with Crippen LogP contribution in [-0.4, -0.2) is 38.9 Å². The molecule has 0 amide bonds. The van der Waals surface area contributed by atoms with Crippen LogP contribution in [0.3, 0.4) is 0 Å². The fraction of sp³-hybridized carbons (Fsp3) is 0.105. The SMILES string of the molecule is C1=C(c2ccccn2)C2=NCCN2c2nc(Nc3ccncc3)ncc21. The zero-order valence-electron chi connectivity index (χ0n) is 13.9. The van der Waals surface area contributed by atoms with Crippen molar-refractivity contribution in [1.29, 1.82) is 0 Å². The number of rotatable bonds is 3. The molecule has 0 saturated carbocycles. The molecule has 0 radical (unpaired) electrons. The van der Waals surface area contributed by atoms with Crippen molar-refractivity contribution in [1.82, 2.24) is 19.9 Å². The standard InChI is InChI=1S/C19H15N7/c1-2-6-21-16(3-1)15-11-13-12-23-19(24-14-4-7-20-8-5-14)25-17(13)26-10-9-22-18(15)26/h1-8,11-12H,9-10H2,(H,20,23,24,25). The van der Waals surface area contributed by atoms with Gasteiger partial charge in [0.1, 0.15) is 11.7 Å². The largest absolute Gasteiger partial charge is 0.324 e. The van der Waals surface area contributed by atoms with E-state index in [1.54, 1.807) is 18.6 Å². The summed E-state index contributed by atoms with van der Waals surface area (Å²) >= 11 is 0. The molecule has 5 rings (SSSR count). The number of anilines is 3. The van der Waals surface area contributed by atoms with Crippen molar-refractivity contribution in [2.75, 3.05) is 23.3 Å². The molecule has 0 unspecified atom stereocenters. The second kappa shape index (κ2) is 6.03. The molecule has 7 heteroatoms. The molecule has 0 bridgehead atoms. The summed E-state index contributed by atoms with van der Waals surface area (Å²) in [5, 5.41) is 3.22. The summed E-state index contributed by atoms with van der Waals surface area (Å²) in [6.07, 6.45) is 9.16. The maximum atomic E-state index is 4.72. The topological polar surface area (TPSA) is 79.2 Å². The van der Waals surface area contributed by atoms with E-state index in [-0.39, 0.29) is 0 Å². The molecule has 126 valence electrons. The molecule has 0 fully saturated rings. The van der Waals surface area contributed by atoms with Crippen LogP contribution >= 0.6 is 0 Å². The van der Waals surface area contributed by atoms with Crippen molar-refractivity contribution in [3.05, 3.63) is 66.4 Å². The lowest BCUT2D eigenvalue weighted by molar-refractivity contribution is 0.986. The Balaban J connectivity index is 1.56. The smallest absolute Gasteiger partial charge is 0.229 e. The Labute approximate surface area is 150 Å². The summed E-state index contributed by atoms with van der Waals surface area (Å²) in [7, 11) is 0. The van der Waals surface area contributed by atoms with Gasteiger partial charge >= 0.3 is 0 Å². The molecular weight excluding hydrogens is 326 g/mol. The van der Waals surface area contributed by atoms with Crippen molar-refractivity contribution >= 4 is 34.9 Å². The number of aliphatic imine (C=N–C) groups is 1. The highest BCUT2D eigenvalue weighted by Crippen LogP contribution is 2.34. The molecule has 0 aromatic carbocycles. The molecule has 7 nitrogen and oxygen atoms in total. The number of nitrogens with one attached hydrogen (secondary N) is 1. The van der Waals surface area contributed by atoms with Gasteiger partial charge in [0.25, 0.3) is 0 Å². The second-order valence-electron chi connectivity index (χ2n) is 5.96. The maximum Gasteiger partial charge on any atom is 0.229 e. The zero-order valence-corrected chi connectivity index (χ0v) is 13.9. The van der Waals surface area contributed by atoms with E-state index in [1.807, 2.05) is 36.5 Å². The van der Waals surface area contributed by atoms with Crippen LogP contribution in [0.1, 0.15) is 11.3 Å². The lowest BCUT2D eigenvalue weighted by Gasteiger charge is -2.27. The van der Waals surface area contributed by atoms with E-state index in [4.69, 9.17) is 4.98 Å². The summed E-state index contributed by atoms with van der Waals surface area (Å²) in [4.78, 5) is 24.5. The minimum atomic E-state index is 0.552. The first-order valence-electron chi connectivity index (χ1n) is 8.38. The van der Waals surface area contributed by atoms with Crippen LogP contribution in [0.4, 0.5) is 17.5 Å². The minimum Gasteiger partial charge on any atom is -0.324 e. The molecule has 0 spiro atoms. The minimum absolute atomic E-state index is 0.552. The Morgan fingerprint density at radius 2 is 1.92 bits per heavy atom. The number of aromatic nitrogens is 4. The highest BCUT2D eigenvalue weighted by atomic mass is 15.3. The van der Waals surface area contributed by atoms with E-state index in [0.29, 0.717) is 5.95 Å². The molecule has 0 aliphatic carbocycles. The normalized spacial score (nSPS) is 15.0. The quantitative estimate of drug-likeness (QED) is 0.789. The van der Waals surface area contributed by atoms with Gasteiger partial charge < -0.3 is 10.2 Å². The first-order valence-corrected chi connectivity index (χ1v) is 8.38. The van der Waals surface area contributed by atoms with Crippen molar-refractivity contribution < 1.29 is 0 Å². The molecule has 0 atom stereocenters. The van der Waals surface area contributed by atoms with E-state index < -0.39 is 0 Å². The predicted octanol–water partition coefficient (Wildman–Crippen LogP) is 2.78. The summed E-state index contributed by atoms with van der Waals surface area (Å²) in [5.41, 5.74) is 3.78. The number of pyridine rings is 2. The molecule has 5 heterocycles. The third-order valence-corrected chi connectivity index (χ3v) is 4.31. The van der Waals surface area contributed by atoms with Crippen molar-refractivity contribution in [2.45, 2.75) is 0 Å². The highest BCUT2D eigenvalue weighted by molar-refractivity contribution is 6.35. The van der Waals surface area contributed by atoms with Crippen LogP contribution in [0.25, 0.3) is 11.6 Å².